The molecule has 0 saturated carbocycles. The average molecular weight is 293 g/mol. The summed E-state index contributed by atoms with van der Waals surface area (Å²) >= 11 is 0. The number of primary sulfonamides is 1. The Morgan fingerprint density at radius 1 is 1.10 bits per heavy atom. The second kappa shape index (κ2) is 5.40. The molecule has 0 heterocycles. The van der Waals surface area contributed by atoms with Gasteiger partial charge in [-0.05, 0) is 30.3 Å². The van der Waals surface area contributed by atoms with E-state index in [1.54, 1.807) is 13.2 Å². The van der Waals surface area contributed by atoms with Crippen molar-refractivity contribution in [3.63, 3.8) is 0 Å². The smallest absolute Gasteiger partial charge is 0.240 e. The molecule has 0 unspecified atom stereocenters. The largest absolute Gasteiger partial charge is 0.497 e. The minimum Gasteiger partial charge on any atom is -0.497 e. The van der Waals surface area contributed by atoms with Crippen LogP contribution in [0.5, 0.6) is 5.75 Å². The summed E-state index contributed by atoms with van der Waals surface area (Å²) in [5, 5.41) is 8.16. The molecule has 2 rings (SSSR count). The third kappa shape index (κ3) is 3.19. The van der Waals surface area contributed by atoms with Crippen LogP contribution in [0.25, 0.3) is 0 Å². The van der Waals surface area contributed by atoms with Gasteiger partial charge in [-0.1, -0.05) is 6.07 Å². The molecule has 7 heteroatoms. The third-order valence-electron chi connectivity index (χ3n) is 2.67. The third-order valence-corrected chi connectivity index (χ3v) is 3.66. The lowest BCUT2D eigenvalue weighted by molar-refractivity contribution is 0.415. The van der Waals surface area contributed by atoms with E-state index < -0.39 is 10.0 Å². The highest BCUT2D eigenvalue weighted by Crippen LogP contribution is 2.25. The van der Waals surface area contributed by atoms with Gasteiger partial charge in [-0.15, -0.1) is 0 Å². The molecule has 0 saturated heterocycles. The molecule has 2 aromatic rings. The summed E-state index contributed by atoms with van der Waals surface area (Å²) in [5.41, 5.74) is 7.24. The van der Waals surface area contributed by atoms with E-state index in [0.717, 1.165) is 5.69 Å². The highest BCUT2D eigenvalue weighted by molar-refractivity contribution is 7.89. The number of nitrogens with one attached hydrogen (secondary N) is 1. The number of rotatable bonds is 4. The van der Waals surface area contributed by atoms with E-state index >= 15 is 0 Å². The van der Waals surface area contributed by atoms with E-state index in [-0.39, 0.29) is 10.6 Å². The molecule has 0 spiro atoms. The summed E-state index contributed by atoms with van der Waals surface area (Å²) in [6.45, 7) is 0. The summed E-state index contributed by atoms with van der Waals surface area (Å²) in [7, 11) is -2.23. The predicted molar refractivity (Wildman–Crippen MR) is 78.5 cm³/mol. The topological polar surface area (TPSA) is 107 Å². The maximum Gasteiger partial charge on any atom is 0.240 e. The summed E-state index contributed by atoms with van der Waals surface area (Å²) in [5.74, 6) is 0.712. The highest BCUT2D eigenvalue weighted by atomic mass is 32.2. The van der Waals surface area contributed by atoms with E-state index in [1.807, 2.05) is 24.3 Å². The van der Waals surface area contributed by atoms with E-state index in [0.29, 0.717) is 11.4 Å². The molecule has 0 radical (unpaired) electrons. The van der Waals surface area contributed by atoms with Gasteiger partial charge in [0.1, 0.15) is 10.6 Å². The van der Waals surface area contributed by atoms with Crippen LogP contribution < -0.4 is 20.9 Å². The SMILES string of the molecule is COc1cccc(Nc2ccc(S(N)(=O)=O)c(N)c2)c1. The number of methoxy groups -OCH3 is 1. The zero-order valence-electron chi connectivity index (χ0n) is 10.8. The van der Waals surface area contributed by atoms with Crippen LogP contribution in [0.1, 0.15) is 0 Å². The number of nitrogens with two attached hydrogens (primary N) is 2. The number of ether oxygens (including phenoxy) is 1. The van der Waals surface area contributed by atoms with Crippen molar-refractivity contribution in [2.24, 2.45) is 5.14 Å². The summed E-state index contributed by atoms with van der Waals surface area (Å²) in [6, 6.07) is 11.8. The lowest BCUT2D eigenvalue weighted by Crippen LogP contribution is -2.14. The van der Waals surface area contributed by atoms with Gasteiger partial charge in [0.15, 0.2) is 0 Å². The maximum atomic E-state index is 11.3. The molecule has 0 bridgehead atoms. The zero-order valence-corrected chi connectivity index (χ0v) is 11.6. The molecule has 0 amide bonds. The van der Waals surface area contributed by atoms with Crippen LogP contribution in [0.4, 0.5) is 17.1 Å². The highest BCUT2D eigenvalue weighted by Gasteiger charge is 2.12. The van der Waals surface area contributed by atoms with Gasteiger partial charge >= 0.3 is 0 Å². The molecule has 0 fully saturated rings. The second-order valence-corrected chi connectivity index (χ2v) is 5.68. The van der Waals surface area contributed by atoms with Crippen molar-refractivity contribution in [2.45, 2.75) is 4.90 Å². The van der Waals surface area contributed by atoms with Gasteiger partial charge in [0.2, 0.25) is 10.0 Å². The van der Waals surface area contributed by atoms with Crippen LogP contribution in [-0.4, -0.2) is 15.5 Å². The number of anilines is 3. The van der Waals surface area contributed by atoms with Gasteiger partial charge in [-0.3, -0.25) is 0 Å². The first-order valence-corrected chi connectivity index (χ1v) is 7.28. The van der Waals surface area contributed by atoms with Gasteiger partial charge in [-0.25, -0.2) is 13.6 Å². The lowest BCUT2D eigenvalue weighted by atomic mass is 10.2. The van der Waals surface area contributed by atoms with Crippen molar-refractivity contribution in [3.8, 4) is 5.75 Å². The maximum absolute atomic E-state index is 11.3. The minimum absolute atomic E-state index is 0.0892. The summed E-state index contributed by atoms with van der Waals surface area (Å²) in [4.78, 5) is -0.0892. The van der Waals surface area contributed by atoms with Gasteiger partial charge in [0.25, 0.3) is 0 Å². The fourth-order valence-corrected chi connectivity index (χ4v) is 2.40. The monoisotopic (exact) mass is 293 g/mol. The van der Waals surface area contributed by atoms with Gasteiger partial charge < -0.3 is 15.8 Å². The summed E-state index contributed by atoms with van der Waals surface area (Å²) < 4.78 is 27.7. The number of sulfonamides is 1. The fourth-order valence-electron chi connectivity index (χ4n) is 1.75. The molecule has 0 aromatic heterocycles. The Hall–Kier alpha value is -2.25. The minimum atomic E-state index is -3.81. The molecule has 5 N–H and O–H groups in total. The van der Waals surface area contributed by atoms with E-state index in [2.05, 4.69) is 5.32 Å². The number of nitrogen functional groups attached to an aromatic ring is 1. The lowest BCUT2D eigenvalue weighted by Gasteiger charge is -2.10. The Labute approximate surface area is 117 Å². The van der Waals surface area contributed by atoms with Crippen molar-refractivity contribution in [1.82, 2.24) is 0 Å². The molecule has 0 aliphatic carbocycles. The van der Waals surface area contributed by atoms with Crippen molar-refractivity contribution < 1.29 is 13.2 Å². The number of hydrogen-bond acceptors (Lipinski definition) is 5. The van der Waals surface area contributed by atoms with Gasteiger partial charge in [0.05, 0.1) is 12.8 Å². The Bertz CT molecular complexity index is 729. The van der Waals surface area contributed by atoms with Crippen molar-refractivity contribution in [2.75, 3.05) is 18.2 Å². The molecule has 2 aromatic carbocycles. The standard InChI is InChI=1S/C13H15N3O3S/c1-19-11-4-2-3-9(7-11)16-10-5-6-13(12(14)8-10)20(15,17)18/h2-8,16H,14H2,1H3,(H2,15,17,18). The van der Waals surface area contributed by atoms with Crippen LogP contribution in [-0.2, 0) is 10.0 Å². The first kappa shape index (κ1) is 14.2. The molecule has 0 atom stereocenters. The Kier molecular flexibility index (Phi) is 3.82. The molecule has 20 heavy (non-hydrogen) atoms. The van der Waals surface area contributed by atoms with Crippen LogP contribution in [0, 0.1) is 0 Å². The van der Waals surface area contributed by atoms with Crippen LogP contribution in [0.2, 0.25) is 0 Å². The predicted octanol–water partition coefficient (Wildman–Crippen LogP) is 1.67. The van der Waals surface area contributed by atoms with Crippen molar-refractivity contribution in [1.29, 1.82) is 0 Å². The van der Waals surface area contributed by atoms with Gasteiger partial charge in [0, 0.05) is 17.4 Å². The average Bonchev–Trinajstić information content (AvgIpc) is 2.37. The van der Waals surface area contributed by atoms with E-state index in [4.69, 9.17) is 15.6 Å². The zero-order chi connectivity index (χ0) is 14.8. The number of benzene rings is 2. The van der Waals surface area contributed by atoms with Crippen molar-refractivity contribution >= 4 is 27.1 Å². The first-order chi connectivity index (χ1) is 9.40. The molecular weight excluding hydrogens is 278 g/mol. The second-order valence-electron chi connectivity index (χ2n) is 4.15. The fraction of sp³-hybridized carbons (Fsp3) is 0.0769. The number of hydrogen-bond donors (Lipinski definition) is 3. The molecule has 106 valence electrons. The van der Waals surface area contributed by atoms with Crippen LogP contribution in [0.15, 0.2) is 47.4 Å². The molecule has 6 nitrogen and oxygen atoms in total. The Balaban J connectivity index is 2.29. The Morgan fingerprint density at radius 2 is 1.80 bits per heavy atom. The quantitative estimate of drug-likeness (QED) is 0.743. The van der Waals surface area contributed by atoms with Crippen LogP contribution >= 0.6 is 0 Å². The summed E-state index contributed by atoms with van der Waals surface area (Å²) in [6.07, 6.45) is 0. The molecule has 0 aliphatic rings. The van der Waals surface area contributed by atoms with E-state index in [9.17, 15) is 8.42 Å². The van der Waals surface area contributed by atoms with Crippen LogP contribution in [0.3, 0.4) is 0 Å². The Morgan fingerprint density at radius 3 is 2.40 bits per heavy atom. The molecular formula is C13H15N3O3S. The van der Waals surface area contributed by atoms with E-state index in [1.165, 1.54) is 12.1 Å². The van der Waals surface area contributed by atoms with Gasteiger partial charge in [-0.2, -0.15) is 0 Å². The molecule has 0 aliphatic heterocycles. The first-order valence-electron chi connectivity index (χ1n) is 5.73. The van der Waals surface area contributed by atoms with Crippen molar-refractivity contribution in [3.05, 3.63) is 42.5 Å². The normalized spacial score (nSPS) is 11.1.